The van der Waals surface area contributed by atoms with Gasteiger partial charge >= 0.3 is 5.91 Å². The molecule has 0 saturated heterocycles. The lowest BCUT2D eigenvalue weighted by Crippen LogP contribution is -2.30. The zero-order valence-corrected chi connectivity index (χ0v) is 10.6. The molecule has 0 fully saturated rings. The summed E-state index contributed by atoms with van der Waals surface area (Å²) >= 11 is 0. The Morgan fingerprint density at radius 2 is 2.05 bits per heavy atom. The van der Waals surface area contributed by atoms with Crippen molar-refractivity contribution in [2.24, 2.45) is 5.84 Å². The summed E-state index contributed by atoms with van der Waals surface area (Å²) in [5.74, 6) is 2.57. The maximum absolute atomic E-state index is 13.3. The number of carbonyl (C=O) groups is 1. The summed E-state index contributed by atoms with van der Waals surface area (Å²) in [6.07, 6.45) is 0. The van der Waals surface area contributed by atoms with Gasteiger partial charge < -0.3 is 9.15 Å². The Kier molecular flexibility index (Phi) is 3.99. The normalized spacial score (nSPS) is 10.4. The van der Waals surface area contributed by atoms with Crippen molar-refractivity contribution in [3.05, 3.63) is 53.0 Å². The van der Waals surface area contributed by atoms with Gasteiger partial charge in [-0.05, 0) is 25.1 Å². The number of rotatable bonds is 4. The minimum absolute atomic E-state index is 0.0279. The van der Waals surface area contributed by atoms with Gasteiger partial charge in [0.05, 0.1) is 0 Å². The molecule has 3 N–H and O–H groups in total. The summed E-state index contributed by atoms with van der Waals surface area (Å²) in [6, 6.07) is 4.93. The molecule has 0 aliphatic heterocycles. The molecular weight excluding hydrogens is 270 g/mol. The van der Waals surface area contributed by atoms with Crippen molar-refractivity contribution >= 4 is 5.91 Å². The number of benzene rings is 1. The maximum atomic E-state index is 13.3. The number of hydrazine groups is 1. The molecule has 0 aliphatic carbocycles. The molecule has 20 heavy (non-hydrogen) atoms. The number of para-hydroxylation sites is 1. The summed E-state index contributed by atoms with van der Waals surface area (Å²) in [7, 11) is 0. The highest BCUT2D eigenvalue weighted by molar-refractivity contribution is 5.92. The SMILES string of the molecule is Cc1cc(COc2c(F)cccc2F)oc1C(=O)NN. The lowest BCUT2D eigenvalue weighted by molar-refractivity contribution is 0.0920. The quantitative estimate of drug-likeness (QED) is 0.511. The van der Waals surface area contributed by atoms with Crippen molar-refractivity contribution in [1.82, 2.24) is 5.43 Å². The van der Waals surface area contributed by atoms with Crippen molar-refractivity contribution in [2.75, 3.05) is 0 Å². The molecule has 1 aromatic carbocycles. The van der Waals surface area contributed by atoms with Gasteiger partial charge in [-0.25, -0.2) is 14.6 Å². The fourth-order valence-electron chi connectivity index (χ4n) is 1.67. The Hall–Kier alpha value is -2.41. The van der Waals surface area contributed by atoms with Crippen LogP contribution in [0.5, 0.6) is 5.75 Å². The van der Waals surface area contributed by atoms with E-state index in [9.17, 15) is 13.6 Å². The Labute approximate surface area is 113 Å². The summed E-state index contributed by atoms with van der Waals surface area (Å²) in [5, 5.41) is 0. The van der Waals surface area contributed by atoms with Crippen molar-refractivity contribution in [3.63, 3.8) is 0 Å². The number of ether oxygens (including phenoxy) is 1. The number of nitrogen functional groups attached to an aromatic ring is 1. The van der Waals surface area contributed by atoms with Gasteiger partial charge in [-0.3, -0.25) is 10.2 Å². The standard InChI is InChI=1S/C13H12F2N2O3/c1-7-5-8(20-11(7)13(18)17-16)6-19-12-9(14)3-2-4-10(12)15/h2-5H,6,16H2,1H3,(H,17,18). The largest absolute Gasteiger partial charge is 0.480 e. The number of aryl methyl sites for hydroxylation is 1. The molecule has 1 aromatic heterocycles. The van der Waals surface area contributed by atoms with Crippen LogP contribution < -0.4 is 16.0 Å². The van der Waals surface area contributed by atoms with E-state index in [0.717, 1.165) is 12.1 Å². The first-order valence-corrected chi connectivity index (χ1v) is 5.70. The molecule has 0 saturated carbocycles. The predicted octanol–water partition coefficient (Wildman–Crippen LogP) is 2.05. The van der Waals surface area contributed by atoms with Crippen LogP contribution in [0.25, 0.3) is 0 Å². The second-order valence-corrected chi connectivity index (χ2v) is 4.04. The van der Waals surface area contributed by atoms with Crippen LogP contribution >= 0.6 is 0 Å². The number of halogens is 2. The molecule has 1 heterocycles. The van der Waals surface area contributed by atoms with Crippen LogP contribution in [0.15, 0.2) is 28.7 Å². The first kappa shape index (κ1) is 14.0. The molecule has 7 heteroatoms. The number of furan rings is 1. The average molecular weight is 282 g/mol. The monoisotopic (exact) mass is 282 g/mol. The van der Waals surface area contributed by atoms with E-state index < -0.39 is 23.3 Å². The molecule has 0 unspecified atom stereocenters. The molecule has 2 rings (SSSR count). The van der Waals surface area contributed by atoms with E-state index in [2.05, 4.69) is 0 Å². The average Bonchev–Trinajstić information content (AvgIpc) is 2.78. The zero-order chi connectivity index (χ0) is 14.7. The van der Waals surface area contributed by atoms with E-state index in [-0.39, 0.29) is 18.1 Å². The number of hydrogen-bond donors (Lipinski definition) is 2. The molecule has 106 valence electrons. The number of nitrogens with two attached hydrogens (primary N) is 1. The van der Waals surface area contributed by atoms with Crippen LogP contribution in [-0.4, -0.2) is 5.91 Å². The summed E-state index contributed by atoms with van der Waals surface area (Å²) in [6.45, 7) is 1.43. The number of nitrogens with one attached hydrogen (secondary N) is 1. The van der Waals surface area contributed by atoms with Gasteiger partial charge in [-0.1, -0.05) is 6.07 Å². The highest BCUT2D eigenvalue weighted by atomic mass is 19.1. The maximum Gasteiger partial charge on any atom is 0.301 e. The molecular formula is C13H12F2N2O3. The Balaban J connectivity index is 2.14. The minimum Gasteiger partial charge on any atom is -0.480 e. The van der Waals surface area contributed by atoms with E-state index in [0.29, 0.717) is 5.56 Å². The molecule has 0 radical (unpaired) electrons. The molecule has 0 atom stereocenters. The summed E-state index contributed by atoms with van der Waals surface area (Å²) < 4.78 is 36.9. The highest BCUT2D eigenvalue weighted by Crippen LogP contribution is 2.23. The van der Waals surface area contributed by atoms with Gasteiger partial charge in [-0.2, -0.15) is 0 Å². The Bertz CT molecular complexity index is 620. The summed E-state index contributed by atoms with van der Waals surface area (Å²) in [4.78, 5) is 11.3. The minimum atomic E-state index is -0.812. The van der Waals surface area contributed by atoms with Crippen LogP contribution in [0, 0.1) is 18.6 Å². The van der Waals surface area contributed by atoms with Crippen molar-refractivity contribution in [1.29, 1.82) is 0 Å². The van der Waals surface area contributed by atoms with Crippen LogP contribution in [0.2, 0.25) is 0 Å². The van der Waals surface area contributed by atoms with E-state index in [4.69, 9.17) is 15.0 Å². The third-order valence-electron chi connectivity index (χ3n) is 2.58. The lowest BCUT2D eigenvalue weighted by Gasteiger charge is -2.06. The fraction of sp³-hybridized carbons (Fsp3) is 0.154. The summed E-state index contributed by atoms with van der Waals surface area (Å²) in [5.41, 5.74) is 2.48. The van der Waals surface area contributed by atoms with Gasteiger partial charge in [0.15, 0.2) is 23.1 Å². The zero-order valence-electron chi connectivity index (χ0n) is 10.6. The lowest BCUT2D eigenvalue weighted by atomic mass is 10.2. The number of amides is 1. The van der Waals surface area contributed by atoms with E-state index >= 15 is 0 Å². The molecule has 1 amide bonds. The van der Waals surface area contributed by atoms with Gasteiger partial charge in [-0.15, -0.1) is 0 Å². The Morgan fingerprint density at radius 3 is 2.65 bits per heavy atom. The van der Waals surface area contributed by atoms with E-state index in [1.54, 1.807) is 6.92 Å². The molecule has 2 aromatic rings. The molecule has 0 spiro atoms. The van der Waals surface area contributed by atoms with Gasteiger partial charge in [0.25, 0.3) is 0 Å². The first-order valence-electron chi connectivity index (χ1n) is 5.70. The van der Waals surface area contributed by atoms with Crippen LogP contribution in [0.3, 0.4) is 0 Å². The Morgan fingerprint density at radius 1 is 1.40 bits per heavy atom. The van der Waals surface area contributed by atoms with Gasteiger partial charge in [0, 0.05) is 5.56 Å². The van der Waals surface area contributed by atoms with Gasteiger partial charge in [0.1, 0.15) is 12.4 Å². The highest BCUT2D eigenvalue weighted by Gasteiger charge is 2.16. The smallest absolute Gasteiger partial charge is 0.301 e. The fourth-order valence-corrected chi connectivity index (χ4v) is 1.67. The number of carbonyl (C=O) groups excluding carboxylic acids is 1. The predicted molar refractivity (Wildman–Crippen MR) is 65.8 cm³/mol. The topological polar surface area (TPSA) is 77.5 Å². The van der Waals surface area contributed by atoms with Crippen molar-refractivity contribution < 1.29 is 22.7 Å². The number of hydrogen-bond acceptors (Lipinski definition) is 4. The third-order valence-corrected chi connectivity index (χ3v) is 2.58. The van der Waals surface area contributed by atoms with E-state index in [1.807, 2.05) is 5.43 Å². The molecule has 0 bridgehead atoms. The van der Waals surface area contributed by atoms with Crippen molar-refractivity contribution in [2.45, 2.75) is 13.5 Å². The first-order chi connectivity index (χ1) is 9.52. The molecule has 0 aliphatic rings. The van der Waals surface area contributed by atoms with Crippen LogP contribution in [0.1, 0.15) is 21.9 Å². The third kappa shape index (κ3) is 2.77. The van der Waals surface area contributed by atoms with E-state index in [1.165, 1.54) is 12.1 Å². The van der Waals surface area contributed by atoms with Crippen molar-refractivity contribution in [3.8, 4) is 5.75 Å². The molecule has 5 nitrogen and oxygen atoms in total. The van der Waals surface area contributed by atoms with Crippen LogP contribution in [-0.2, 0) is 6.61 Å². The second-order valence-electron chi connectivity index (χ2n) is 4.04. The second kappa shape index (κ2) is 5.70. The van der Waals surface area contributed by atoms with Crippen LogP contribution in [0.4, 0.5) is 8.78 Å². The van der Waals surface area contributed by atoms with Gasteiger partial charge in [0.2, 0.25) is 0 Å².